The maximum absolute atomic E-state index is 12.4. The molecule has 0 radical (unpaired) electrons. The van der Waals surface area contributed by atoms with E-state index in [0.29, 0.717) is 23.6 Å². The molecule has 1 N–H and O–H groups in total. The number of hydrogen-bond acceptors (Lipinski definition) is 5. The van der Waals surface area contributed by atoms with E-state index in [4.69, 9.17) is 14.2 Å². The van der Waals surface area contributed by atoms with Gasteiger partial charge in [0.25, 0.3) is 5.91 Å². The predicted octanol–water partition coefficient (Wildman–Crippen LogP) is 1.15. The van der Waals surface area contributed by atoms with Crippen LogP contribution < -0.4 is 14.8 Å². The van der Waals surface area contributed by atoms with E-state index >= 15 is 0 Å². The second-order valence-electron chi connectivity index (χ2n) is 5.34. The summed E-state index contributed by atoms with van der Waals surface area (Å²) in [7, 11) is 5.16. The lowest BCUT2D eigenvalue weighted by atomic mass is 10.1. The number of methoxy groups -OCH3 is 2. The summed E-state index contributed by atoms with van der Waals surface area (Å²) in [6.07, 6.45) is 0.951. The Hall–Kier alpha value is -1.79. The standard InChI is InChI=1S/C16H24N2O4/c1-18-9-10-22-12(11-18)7-8-17-16(19)15-13(20-2)5-4-6-14(15)21-3/h4-6,12H,7-11H2,1-3H3,(H,17,19). The largest absolute Gasteiger partial charge is 0.496 e. The summed E-state index contributed by atoms with van der Waals surface area (Å²) in [4.78, 5) is 14.6. The molecule has 1 heterocycles. The van der Waals surface area contributed by atoms with Crippen LogP contribution in [0, 0.1) is 0 Å². The number of morpholine rings is 1. The quantitative estimate of drug-likeness (QED) is 0.854. The highest BCUT2D eigenvalue weighted by Gasteiger charge is 2.20. The molecule has 1 aromatic carbocycles. The van der Waals surface area contributed by atoms with Gasteiger partial charge in [-0.15, -0.1) is 0 Å². The van der Waals surface area contributed by atoms with E-state index in [1.807, 2.05) is 0 Å². The molecule has 1 saturated heterocycles. The molecule has 22 heavy (non-hydrogen) atoms. The van der Waals surface area contributed by atoms with Crippen LogP contribution in [0.3, 0.4) is 0 Å². The molecule has 1 aliphatic heterocycles. The van der Waals surface area contributed by atoms with Gasteiger partial charge >= 0.3 is 0 Å². The van der Waals surface area contributed by atoms with E-state index < -0.39 is 0 Å². The first-order valence-corrected chi connectivity index (χ1v) is 7.45. The van der Waals surface area contributed by atoms with Gasteiger partial charge in [-0.25, -0.2) is 0 Å². The zero-order chi connectivity index (χ0) is 15.9. The van der Waals surface area contributed by atoms with Crippen molar-refractivity contribution in [2.24, 2.45) is 0 Å². The Balaban J connectivity index is 1.92. The molecule has 122 valence electrons. The summed E-state index contributed by atoms with van der Waals surface area (Å²) in [5.41, 5.74) is 0.425. The van der Waals surface area contributed by atoms with E-state index in [1.165, 1.54) is 14.2 Å². The van der Waals surface area contributed by atoms with Crippen molar-refractivity contribution in [1.29, 1.82) is 0 Å². The third-order valence-electron chi connectivity index (χ3n) is 3.75. The maximum Gasteiger partial charge on any atom is 0.258 e. The van der Waals surface area contributed by atoms with E-state index in [9.17, 15) is 4.79 Å². The van der Waals surface area contributed by atoms with E-state index in [1.54, 1.807) is 18.2 Å². The number of amides is 1. The first-order valence-electron chi connectivity index (χ1n) is 7.45. The summed E-state index contributed by atoms with van der Waals surface area (Å²) in [6, 6.07) is 5.29. The fourth-order valence-electron chi connectivity index (χ4n) is 2.55. The number of likely N-dealkylation sites (N-methyl/N-ethyl adjacent to an activating group) is 1. The number of nitrogens with one attached hydrogen (secondary N) is 1. The minimum atomic E-state index is -0.196. The summed E-state index contributed by atoms with van der Waals surface area (Å²) in [5, 5.41) is 2.91. The van der Waals surface area contributed by atoms with Crippen LogP contribution >= 0.6 is 0 Å². The van der Waals surface area contributed by atoms with Crippen LogP contribution in [0.2, 0.25) is 0 Å². The number of ether oxygens (including phenoxy) is 3. The van der Waals surface area contributed by atoms with Gasteiger partial charge in [0.1, 0.15) is 17.1 Å². The highest BCUT2D eigenvalue weighted by atomic mass is 16.5. The Bertz CT molecular complexity index is 485. The Labute approximate surface area is 131 Å². The number of rotatable bonds is 6. The molecule has 0 bridgehead atoms. The molecular weight excluding hydrogens is 284 g/mol. The first-order chi connectivity index (χ1) is 10.7. The van der Waals surface area contributed by atoms with Crippen LogP contribution in [0.15, 0.2) is 18.2 Å². The summed E-state index contributed by atoms with van der Waals surface area (Å²) < 4.78 is 16.2. The number of nitrogens with zero attached hydrogens (tertiary/aromatic N) is 1. The van der Waals surface area contributed by atoms with Crippen molar-refractivity contribution in [2.45, 2.75) is 12.5 Å². The molecule has 1 aliphatic rings. The third-order valence-corrected chi connectivity index (χ3v) is 3.75. The number of hydrogen-bond donors (Lipinski definition) is 1. The molecule has 1 amide bonds. The minimum Gasteiger partial charge on any atom is -0.496 e. The van der Waals surface area contributed by atoms with Gasteiger partial charge in [-0.2, -0.15) is 0 Å². The highest BCUT2D eigenvalue weighted by molar-refractivity contribution is 5.99. The number of carbonyl (C=O) groups is 1. The van der Waals surface area contributed by atoms with Crippen molar-refractivity contribution in [1.82, 2.24) is 10.2 Å². The van der Waals surface area contributed by atoms with Gasteiger partial charge in [0.15, 0.2) is 0 Å². The van der Waals surface area contributed by atoms with Crippen molar-refractivity contribution in [3.8, 4) is 11.5 Å². The van der Waals surface area contributed by atoms with Crippen LogP contribution in [0.25, 0.3) is 0 Å². The Kier molecular flexibility index (Phi) is 6.03. The van der Waals surface area contributed by atoms with Crippen LogP contribution in [-0.2, 0) is 4.74 Å². The molecule has 0 aromatic heterocycles. The van der Waals surface area contributed by atoms with Gasteiger partial charge in [-0.1, -0.05) is 6.07 Å². The van der Waals surface area contributed by atoms with Gasteiger partial charge in [0.2, 0.25) is 0 Å². The molecule has 0 spiro atoms. The van der Waals surface area contributed by atoms with Gasteiger partial charge in [0.05, 0.1) is 26.9 Å². The van der Waals surface area contributed by atoms with Crippen molar-refractivity contribution in [3.05, 3.63) is 23.8 Å². The highest BCUT2D eigenvalue weighted by Crippen LogP contribution is 2.27. The summed E-state index contributed by atoms with van der Waals surface area (Å²) in [5.74, 6) is 0.814. The van der Waals surface area contributed by atoms with E-state index in [0.717, 1.165) is 26.1 Å². The molecule has 0 aliphatic carbocycles. The lowest BCUT2D eigenvalue weighted by Crippen LogP contribution is -2.41. The zero-order valence-electron chi connectivity index (χ0n) is 13.4. The van der Waals surface area contributed by atoms with Crippen molar-refractivity contribution in [2.75, 3.05) is 47.5 Å². The molecule has 6 nitrogen and oxygen atoms in total. The fraction of sp³-hybridized carbons (Fsp3) is 0.562. The average molecular weight is 308 g/mol. The molecule has 6 heteroatoms. The molecule has 1 atom stereocenters. The third kappa shape index (κ3) is 4.11. The maximum atomic E-state index is 12.4. The average Bonchev–Trinajstić information content (AvgIpc) is 2.53. The van der Waals surface area contributed by atoms with E-state index in [2.05, 4.69) is 17.3 Å². The monoisotopic (exact) mass is 308 g/mol. The van der Waals surface area contributed by atoms with Crippen LogP contribution in [0.5, 0.6) is 11.5 Å². The smallest absolute Gasteiger partial charge is 0.258 e. The lowest BCUT2D eigenvalue weighted by molar-refractivity contribution is -0.0226. The summed E-state index contributed by atoms with van der Waals surface area (Å²) >= 11 is 0. The molecular formula is C16H24N2O4. The summed E-state index contributed by atoms with van der Waals surface area (Å²) in [6.45, 7) is 3.16. The minimum absolute atomic E-state index is 0.165. The normalized spacial score (nSPS) is 18.8. The Morgan fingerprint density at radius 2 is 2.05 bits per heavy atom. The van der Waals surface area contributed by atoms with Crippen molar-refractivity contribution >= 4 is 5.91 Å². The Morgan fingerprint density at radius 3 is 2.64 bits per heavy atom. The SMILES string of the molecule is COc1cccc(OC)c1C(=O)NCCC1CN(C)CCO1. The molecule has 0 saturated carbocycles. The number of carbonyl (C=O) groups excluding carboxylic acids is 1. The van der Waals surface area contributed by atoms with Gasteiger partial charge in [-0.05, 0) is 25.6 Å². The zero-order valence-corrected chi connectivity index (χ0v) is 13.4. The van der Waals surface area contributed by atoms with E-state index in [-0.39, 0.29) is 12.0 Å². The number of benzene rings is 1. The van der Waals surface area contributed by atoms with Gasteiger partial charge < -0.3 is 24.4 Å². The predicted molar refractivity (Wildman–Crippen MR) is 83.7 cm³/mol. The molecule has 2 rings (SSSR count). The molecule has 1 aromatic rings. The second kappa shape index (κ2) is 8.00. The van der Waals surface area contributed by atoms with Gasteiger partial charge in [-0.3, -0.25) is 4.79 Å². The topological polar surface area (TPSA) is 60.0 Å². The molecule has 1 unspecified atom stereocenters. The Morgan fingerprint density at radius 1 is 1.36 bits per heavy atom. The van der Waals surface area contributed by atoms with Crippen molar-refractivity contribution in [3.63, 3.8) is 0 Å². The van der Waals surface area contributed by atoms with Crippen molar-refractivity contribution < 1.29 is 19.0 Å². The van der Waals surface area contributed by atoms with Crippen LogP contribution in [0.4, 0.5) is 0 Å². The lowest BCUT2D eigenvalue weighted by Gasteiger charge is -2.30. The molecule has 1 fully saturated rings. The first kappa shape index (κ1) is 16.6. The second-order valence-corrected chi connectivity index (χ2v) is 5.34. The van der Waals surface area contributed by atoms with Crippen LogP contribution in [0.1, 0.15) is 16.8 Å². The van der Waals surface area contributed by atoms with Gasteiger partial charge in [0, 0.05) is 19.6 Å². The fourth-order valence-corrected chi connectivity index (χ4v) is 2.55. The van der Waals surface area contributed by atoms with Crippen LogP contribution in [-0.4, -0.2) is 64.4 Å².